The van der Waals surface area contributed by atoms with E-state index in [-0.39, 0.29) is 24.2 Å². The third-order valence-electron chi connectivity index (χ3n) is 5.34. The lowest BCUT2D eigenvalue weighted by molar-refractivity contribution is -0.149. The van der Waals surface area contributed by atoms with Crippen LogP contribution in [0, 0.1) is 17.2 Å². The topological polar surface area (TPSA) is 69.6 Å². The number of carbonyl (C=O) groups is 2. The van der Waals surface area contributed by atoms with Gasteiger partial charge < -0.3 is 10.4 Å². The highest BCUT2D eigenvalue weighted by Crippen LogP contribution is 2.49. The molecular formula is C17H22ClFN2O3. The Hall–Kier alpha value is -1.66. The predicted octanol–water partition coefficient (Wildman–Crippen LogP) is 2.76. The first-order valence-electron chi connectivity index (χ1n) is 7.96. The average Bonchev–Trinajstić information content (AvgIpc) is 3.04. The van der Waals surface area contributed by atoms with Crippen LogP contribution in [0.25, 0.3) is 0 Å². The van der Waals surface area contributed by atoms with Crippen molar-refractivity contribution in [1.82, 2.24) is 4.90 Å². The number of benzene rings is 1. The van der Waals surface area contributed by atoms with Crippen LogP contribution in [0.2, 0.25) is 0 Å². The monoisotopic (exact) mass is 356 g/mol. The van der Waals surface area contributed by atoms with Crippen molar-refractivity contribution >= 4 is 30.0 Å². The number of carboxylic acid groups (broad SMARTS) is 1. The lowest BCUT2D eigenvalue weighted by Gasteiger charge is -2.26. The Morgan fingerprint density at radius 3 is 2.83 bits per heavy atom. The lowest BCUT2D eigenvalue weighted by Crippen LogP contribution is -2.43. The normalized spacial score (nSPS) is 27.2. The smallest absolute Gasteiger partial charge is 0.311 e. The fraction of sp³-hybridized carbons (Fsp3) is 0.529. The molecule has 132 valence electrons. The van der Waals surface area contributed by atoms with Gasteiger partial charge in [-0.3, -0.25) is 14.5 Å². The number of nitrogens with zero attached hydrogens (tertiary/aromatic N) is 1. The maximum Gasteiger partial charge on any atom is 0.311 e. The van der Waals surface area contributed by atoms with Crippen LogP contribution in [0.1, 0.15) is 26.2 Å². The summed E-state index contributed by atoms with van der Waals surface area (Å²) in [5, 5.41) is 12.3. The Bertz CT molecular complexity index is 642. The Morgan fingerprint density at radius 2 is 2.21 bits per heavy atom. The summed E-state index contributed by atoms with van der Waals surface area (Å²) in [5.74, 6) is -1.28. The molecule has 5 nitrogen and oxygen atoms in total. The van der Waals surface area contributed by atoms with Gasteiger partial charge in [0, 0.05) is 18.8 Å². The maximum absolute atomic E-state index is 13.2. The van der Waals surface area contributed by atoms with Gasteiger partial charge in [-0.25, -0.2) is 4.39 Å². The molecule has 7 heteroatoms. The number of amides is 1. The van der Waals surface area contributed by atoms with Gasteiger partial charge in [0.25, 0.3) is 0 Å². The standard InChI is InChI=1S/C17H21FN2O3.ClH/c1-11(15(21)19-14-6-2-5-13(18)8-14)20-9-12-4-3-7-17(12,10-20)16(22)23;/h2,5-6,8,11-12H,3-4,7,9-10H2,1H3,(H,19,21)(H,22,23);1H/t11?,12-,17+;/m0./s1. The maximum atomic E-state index is 13.2. The van der Waals surface area contributed by atoms with E-state index in [9.17, 15) is 19.1 Å². The number of anilines is 1. The number of carboxylic acids is 1. The third kappa shape index (κ3) is 3.26. The molecule has 0 aromatic heterocycles. The number of hydrogen-bond donors (Lipinski definition) is 2. The molecule has 2 aliphatic rings. The van der Waals surface area contributed by atoms with E-state index in [1.165, 1.54) is 18.2 Å². The molecular weight excluding hydrogens is 335 g/mol. The van der Waals surface area contributed by atoms with Gasteiger partial charge in [-0.05, 0) is 43.9 Å². The van der Waals surface area contributed by atoms with Gasteiger partial charge >= 0.3 is 5.97 Å². The molecule has 1 aromatic rings. The van der Waals surface area contributed by atoms with Crippen LogP contribution in [-0.4, -0.2) is 41.0 Å². The van der Waals surface area contributed by atoms with Gasteiger partial charge in [-0.15, -0.1) is 12.4 Å². The van der Waals surface area contributed by atoms with Crippen molar-refractivity contribution in [2.75, 3.05) is 18.4 Å². The van der Waals surface area contributed by atoms with Crippen LogP contribution in [0.15, 0.2) is 24.3 Å². The summed E-state index contributed by atoms with van der Waals surface area (Å²) in [4.78, 5) is 26.0. The number of carbonyl (C=O) groups excluding carboxylic acids is 1. The summed E-state index contributed by atoms with van der Waals surface area (Å²) in [5.41, 5.74) is -0.290. The molecule has 3 rings (SSSR count). The SMILES string of the molecule is CC(C(=O)Nc1cccc(F)c1)N1C[C@@H]2CCC[C@@]2(C(=O)O)C1.Cl. The molecule has 24 heavy (non-hydrogen) atoms. The quantitative estimate of drug-likeness (QED) is 0.870. The average molecular weight is 357 g/mol. The number of hydrogen-bond acceptors (Lipinski definition) is 3. The van der Waals surface area contributed by atoms with Gasteiger partial charge in [-0.1, -0.05) is 12.5 Å². The van der Waals surface area contributed by atoms with E-state index in [1.807, 2.05) is 4.90 Å². The molecule has 1 unspecified atom stereocenters. The zero-order valence-electron chi connectivity index (χ0n) is 13.5. The van der Waals surface area contributed by atoms with Crippen LogP contribution in [0.3, 0.4) is 0 Å². The molecule has 0 bridgehead atoms. The number of aliphatic carboxylic acids is 1. The van der Waals surface area contributed by atoms with E-state index in [4.69, 9.17) is 0 Å². The van der Waals surface area contributed by atoms with E-state index in [2.05, 4.69) is 5.32 Å². The minimum atomic E-state index is -0.750. The fourth-order valence-electron chi connectivity index (χ4n) is 3.95. The molecule has 1 amide bonds. The molecule has 1 aliphatic carbocycles. The van der Waals surface area contributed by atoms with E-state index >= 15 is 0 Å². The third-order valence-corrected chi connectivity index (χ3v) is 5.34. The van der Waals surface area contributed by atoms with E-state index < -0.39 is 23.2 Å². The molecule has 0 radical (unpaired) electrons. The van der Waals surface area contributed by atoms with Crippen molar-refractivity contribution in [2.45, 2.75) is 32.2 Å². The van der Waals surface area contributed by atoms with Crippen LogP contribution >= 0.6 is 12.4 Å². The molecule has 1 aromatic carbocycles. The van der Waals surface area contributed by atoms with Crippen molar-refractivity contribution in [3.05, 3.63) is 30.1 Å². The first-order chi connectivity index (χ1) is 10.9. The highest BCUT2D eigenvalue weighted by molar-refractivity contribution is 5.94. The van der Waals surface area contributed by atoms with E-state index in [1.54, 1.807) is 13.0 Å². The molecule has 3 atom stereocenters. The Labute approximate surface area is 146 Å². The summed E-state index contributed by atoms with van der Waals surface area (Å²) < 4.78 is 13.2. The van der Waals surface area contributed by atoms with Crippen molar-refractivity contribution in [2.24, 2.45) is 11.3 Å². The van der Waals surface area contributed by atoms with Gasteiger partial charge in [0.15, 0.2) is 0 Å². The van der Waals surface area contributed by atoms with E-state index in [0.717, 1.165) is 12.8 Å². The number of nitrogens with one attached hydrogen (secondary N) is 1. The molecule has 1 saturated carbocycles. The molecule has 0 spiro atoms. The van der Waals surface area contributed by atoms with Crippen molar-refractivity contribution in [1.29, 1.82) is 0 Å². The highest BCUT2D eigenvalue weighted by atomic mass is 35.5. The van der Waals surface area contributed by atoms with Crippen LogP contribution in [0.4, 0.5) is 10.1 Å². The molecule has 2 N–H and O–H groups in total. The second kappa shape index (κ2) is 7.07. The second-order valence-corrected chi connectivity index (χ2v) is 6.66. The van der Waals surface area contributed by atoms with Gasteiger partial charge in [0.05, 0.1) is 11.5 Å². The number of rotatable bonds is 4. The first-order valence-corrected chi connectivity index (χ1v) is 7.96. The largest absolute Gasteiger partial charge is 0.481 e. The predicted molar refractivity (Wildman–Crippen MR) is 90.7 cm³/mol. The van der Waals surface area contributed by atoms with Crippen molar-refractivity contribution in [3.8, 4) is 0 Å². The number of likely N-dealkylation sites (tertiary alicyclic amines) is 1. The second-order valence-electron chi connectivity index (χ2n) is 6.66. The van der Waals surface area contributed by atoms with Crippen molar-refractivity contribution in [3.63, 3.8) is 0 Å². The number of halogens is 2. The summed E-state index contributed by atoms with van der Waals surface area (Å²) in [7, 11) is 0. The summed E-state index contributed by atoms with van der Waals surface area (Å²) in [6, 6.07) is 5.31. The Kier molecular flexibility index (Phi) is 5.50. The van der Waals surface area contributed by atoms with Crippen LogP contribution in [-0.2, 0) is 9.59 Å². The van der Waals surface area contributed by atoms with Gasteiger partial charge in [-0.2, -0.15) is 0 Å². The summed E-state index contributed by atoms with van der Waals surface area (Å²) >= 11 is 0. The fourth-order valence-corrected chi connectivity index (χ4v) is 3.95. The van der Waals surface area contributed by atoms with Gasteiger partial charge in [0.1, 0.15) is 5.82 Å². The number of fused-ring (bicyclic) bond motifs is 1. The van der Waals surface area contributed by atoms with Gasteiger partial charge in [0.2, 0.25) is 5.91 Å². The minimum Gasteiger partial charge on any atom is -0.481 e. The summed E-state index contributed by atoms with van der Waals surface area (Å²) in [6.07, 6.45) is 2.53. The molecule has 2 fully saturated rings. The van der Waals surface area contributed by atoms with Crippen LogP contribution < -0.4 is 5.32 Å². The zero-order chi connectivity index (χ0) is 16.6. The summed E-state index contributed by atoms with van der Waals surface area (Å²) in [6.45, 7) is 2.81. The minimum absolute atomic E-state index is 0. The Morgan fingerprint density at radius 1 is 1.46 bits per heavy atom. The first kappa shape index (κ1) is 18.7. The lowest BCUT2D eigenvalue weighted by atomic mass is 9.81. The molecule has 1 saturated heterocycles. The van der Waals surface area contributed by atoms with E-state index in [0.29, 0.717) is 25.2 Å². The Balaban J connectivity index is 0.00000208. The molecule has 1 aliphatic heterocycles. The van der Waals surface area contributed by atoms with Crippen LogP contribution in [0.5, 0.6) is 0 Å². The van der Waals surface area contributed by atoms with Crippen molar-refractivity contribution < 1.29 is 19.1 Å². The zero-order valence-corrected chi connectivity index (χ0v) is 14.3. The molecule has 1 heterocycles. The highest BCUT2D eigenvalue weighted by Gasteiger charge is 2.55.